The van der Waals surface area contributed by atoms with Gasteiger partial charge in [-0.3, -0.25) is 4.79 Å². The average Bonchev–Trinajstić information content (AvgIpc) is 3.25. The van der Waals surface area contributed by atoms with Gasteiger partial charge in [-0.25, -0.2) is 0 Å². The van der Waals surface area contributed by atoms with E-state index < -0.39 is 0 Å². The third-order valence-electron chi connectivity index (χ3n) is 6.40. The first-order valence-corrected chi connectivity index (χ1v) is 12.7. The van der Waals surface area contributed by atoms with Crippen LogP contribution in [0.3, 0.4) is 0 Å². The highest BCUT2D eigenvalue weighted by Gasteiger charge is 2.27. The third-order valence-corrected chi connectivity index (χ3v) is 6.64. The van der Waals surface area contributed by atoms with Gasteiger partial charge in [0.25, 0.3) is 5.91 Å². The van der Waals surface area contributed by atoms with Crippen molar-refractivity contribution in [3.8, 4) is 22.6 Å². The molecule has 1 fully saturated rings. The fraction of sp³-hybridized carbons (Fsp3) is 0.393. The lowest BCUT2D eigenvalue weighted by Crippen LogP contribution is -2.32. The molecular formula is C28H30ClNO6. The molecule has 2 aliphatic rings. The van der Waals surface area contributed by atoms with Gasteiger partial charge in [0.15, 0.2) is 17.3 Å². The van der Waals surface area contributed by atoms with Crippen LogP contribution in [0.25, 0.3) is 11.1 Å². The molecule has 0 N–H and O–H groups in total. The lowest BCUT2D eigenvalue weighted by molar-refractivity contribution is -0.0115. The van der Waals surface area contributed by atoms with Crippen LogP contribution in [0.1, 0.15) is 41.1 Å². The van der Waals surface area contributed by atoms with E-state index in [2.05, 4.69) is 0 Å². The molecular weight excluding hydrogens is 482 g/mol. The van der Waals surface area contributed by atoms with Crippen molar-refractivity contribution in [3.05, 3.63) is 70.6 Å². The van der Waals surface area contributed by atoms with Gasteiger partial charge in [0.1, 0.15) is 25.6 Å². The van der Waals surface area contributed by atoms with E-state index in [0.717, 1.165) is 42.6 Å². The number of benzene rings is 2. The van der Waals surface area contributed by atoms with Crippen molar-refractivity contribution >= 4 is 17.5 Å². The first-order valence-electron chi connectivity index (χ1n) is 12.3. The smallest absolute Gasteiger partial charge is 0.289 e. The fourth-order valence-electron chi connectivity index (χ4n) is 4.59. The number of hydrogen-bond acceptors (Lipinski definition) is 6. The van der Waals surface area contributed by atoms with Crippen LogP contribution < -0.4 is 9.47 Å². The van der Waals surface area contributed by atoms with Crippen LogP contribution in [-0.4, -0.2) is 50.4 Å². The maximum absolute atomic E-state index is 13.3. The molecule has 8 heteroatoms. The summed E-state index contributed by atoms with van der Waals surface area (Å²) in [6.07, 6.45) is 3.27. The Hall–Kier alpha value is -3.00. The van der Waals surface area contributed by atoms with Crippen molar-refractivity contribution in [2.45, 2.75) is 38.5 Å². The van der Waals surface area contributed by atoms with Gasteiger partial charge in [0.2, 0.25) is 0 Å². The molecule has 7 nitrogen and oxygen atoms in total. The molecule has 0 saturated carbocycles. The summed E-state index contributed by atoms with van der Waals surface area (Å²) in [5.74, 6) is 2.00. The maximum atomic E-state index is 13.3. The van der Waals surface area contributed by atoms with E-state index in [1.54, 1.807) is 24.1 Å². The summed E-state index contributed by atoms with van der Waals surface area (Å²) in [7, 11) is 1.59. The molecule has 2 aromatic carbocycles. The molecule has 5 rings (SSSR count). The Morgan fingerprint density at radius 1 is 1.11 bits per heavy atom. The first-order chi connectivity index (χ1) is 17.6. The van der Waals surface area contributed by atoms with Gasteiger partial charge in [0.05, 0.1) is 19.2 Å². The van der Waals surface area contributed by atoms with Crippen LogP contribution in [0.5, 0.6) is 11.5 Å². The Balaban J connectivity index is 1.45. The number of rotatable bonds is 7. The Morgan fingerprint density at radius 3 is 2.83 bits per heavy atom. The molecule has 1 aromatic heterocycles. The Kier molecular flexibility index (Phi) is 7.80. The molecule has 0 aliphatic carbocycles. The fourth-order valence-corrected chi connectivity index (χ4v) is 4.78. The van der Waals surface area contributed by atoms with E-state index in [4.69, 9.17) is 35.0 Å². The average molecular weight is 512 g/mol. The minimum atomic E-state index is -0.194. The molecule has 0 unspecified atom stereocenters. The number of furan rings is 1. The number of carbonyl (C=O) groups excluding carboxylic acids is 1. The van der Waals surface area contributed by atoms with Gasteiger partial charge in [-0.15, -0.1) is 0 Å². The van der Waals surface area contributed by atoms with E-state index >= 15 is 0 Å². The normalized spacial score (nSPS) is 17.7. The summed E-state index contributed by atoms with van der Waals surface area (Å²) in [5, 5.41) is 0.651. The van der Waals surface area contributed by atoms with Gasteiger partial charge in [-0.2, -0.15) is 0 Å². The van der Waals surface area contributed by atoms with Crippen LogP contribution >= 0.6 is 11.6 Å². The standard InChI is InChI=1S/C28H30ClNO6/c1-32-17-24-8-9-25(36-24)28(31)30-10-12-34-27-21(16-30)13-20(19-5-4-6-22(29)14-19)15-26(27)35-18-23-7-2-3-11-33-23/h4-6,8-9,13-15,23H,2-3,7,10-12,16-18H2,1H3/t23-/m1/s1. The topological polar surface area (TPSA) is 70.4 Å². The molecule has 1 saturated heterocycles. The van der Waals surface area contributed by atoms with E-state index in [1.807, 2.05) is 36.4 Å². The minimum absolute atomic E-state index is 0.0633. The number of halogens is 1. The second kappa shape index (κ2) is 11.4. The van der Waals surface area contributed by atoms with Gasteiger partial charge >= 0.3 is 0 Å². The number of fused-ring (bicyclic) bond motifs is 1. The zero-order valence-electron chi connectivity index (χ0n) is 20.3. The lowest BCUT2D eigenvalue weighted by Gasteiger charge is -2.24. The SMILES string of the molecule is COCc1ccc(C(=O)N2CCOc3c(cc(-c4cccc(Cl)c4)cc3OC[C@H]3CCCCO3)C2)o1. The highest BCUT2D eigenvalue weighted by Crippen LogP contribution is 2.39. The summed E-state index contributed by atoms with van der Waals surface area (Å²) >= 11 is 6.28. The van der Waals surface area contributed by atoms with E-state index in [0.29, 0.717) is 55.2 Å². The molecule has 2 aliphatic heterocycles. The van der Waals surface area contributed by atoms with E-state index in [9.17, 15) is 4.79 Å². The van der Waals surface area contributed by atoms with Crippen LogP contribution in [0, 0.1) is 0 Å². The second-order valence-electron chi connectivity index (χ2n) is 9.05. The zero-order chi connectivity index (χ0) is 24.9. The quantitative estimate of drug-likeness (QED) is 0.403. The van der Waals surface area contributed by atoms with Crippen LogP contribution in [0.15, 0.2) is 52.9 Å². The van der Waals surface area contributed by atoms with Crippen LogP contribution in [-0.2, 0) is 22.6 Å². The summed E-state index contributed by atoms with van der Waals surface area (Å²) in [6, 6.07) is 15.1. The number of carbonyl (C=O) groups is 1. The monoisotopic (exact) mass is 511 g/mol. The number of ether oxygens (including phenoxy) is 4. The predicted molar refractivity (Wildman–Crippen MR) is 136 cm³/mol. The highest BCUT2D eigenvalue weighted by atomic mass is 35.5. The lowest BCUT2D eigenvalue weighted by atomic mass is 10.0. The molecule has 1 atom stereocenters. The van der Waals surface area contributed by atoms with E-state index in [1.165, 1.54) is 0 Å². The molecule has 190 valence electrons. The largest absolute Gasteiger partial charge is 0.487 e. The zero-order valence-corrected chi connectivity index (χ0v) is 21.1. The number of amides is 1. The van der Waals surface area contributed by atoms with Crippen molar-refractivity contribution in [1.29, 1.82) is 0 Å². The van der Waals surface area contributed by atoms with Gasteiger partial charge in [-0.1, -0.05) is 23.7 Å². The summed E-state index contributed by atoms with van der Waals surface area (Å²) in [4.78, 5) is 15.0. The molecule has 0 radical (unpaired) electrons. The van der Waals surface area contributed by atoms with Crippen molar-refractivity contribution in [2.75, 3.05) is 33.5 Å². The Morgan fingerprint density at radius 2 is 2.03 bits per heavy atom. The molecule has 3 aromatic rings. The first kappa shape index (κ1) is 24.7. The van der Waals surface area contributed by atoms with Crippen molar-refractivity contribution in [3.63, 3.8) is 0 Å². The summed E-state index contributed by atoms with van der Waals surface area (Å²) in [5.41, 5.74) is 2.76. The van der Waals surface area contributed by atoms with E-state index in [-0.39, 0.29) is 17.8 Å². The summed E-state index contributed by atoms with van der Waals surface area (Å²) in [6.45, 7) is 2.66. The number of hydrogen-bond donors (Lipinski definition) is 0. The Labute approximate surface area is 215 Å². The molecule has 0 bridgehead atoms. The van der Waals surface area contributed by atoms with Crippen LogP contribution in [0.4, 0.5) is 0 Å². The van der Waals surface area contributed by atoms with Gasteiger partial charge in [0, 0.05) is 24.3 Å². The van der Waals surface area contributed by atoms with Crippen molar-refractivity contribution < 1.29 is 28.2 Å². The molecule has 3 heterocycles. The number of methoxy groups -OCH3 is 1. The van der Waals surface area contributed by atoms with Crippen molar-refractivity contribution in [2.24, 2.45) is 0 Å². The number of nitrogens with zero attached hydrogens (tertiary/aromatic N) is 1. The van der Waals surface area contributed by atoms with Gasteiger partial charge < -0.3 is 28.3 Å². The minimum Gasteiger partial charge on any atom is -0.487 e. The Bertz CT molecular complexity index is 1200. The second-order valence-corrected chi connectivity index (χ2v) is 9.48. The predicted octanol–water partition coefficient (Wildman–Crippen LogP) is 5.73. The van der Waals surface area contributed by atoms with Crippen LogP contribution in [0.2, 0.25) is 5.02 Å². The maximum Gasteiger partial charge on any atom is 0.289 e. The molecule has 0 spiro atoms. The third kappa shape index (κ3) is 5.69. The van der Waals surface area contributed by atoms with Crippen molar-refractivity contribution in [1.82, 2.24) is 4.90 Å². The molecule has 1 amide bonds. The summed E-state index contributed by atoms with van der Waals surface area (Å²) < 4.78 is 29.1. The molecule has 36 heavy (non-hydrogen) atoms. The van der Waals surface area contributed by atoms with Gasteiger partial charge in [-0.05, 0) is 66.8 Å². The highest BCUT2D eigenvalue weighted by molar-refractivity contribution is 6.30.